The van der Waals surface area contributed by atoms with E-state index in [-0.39, 0.29) is 17.1 Å². The zero-order chi connectivity index (χ0) is 21.2. The van der Waals surface area contributed by atoms with E-state index < -0.39 is 34.8 Å². The highest BCUT2D eigenvalue weighted by Crippen LogP contribution is 2.33. The number of hydrogen-bond acceptors (Lipinski definition) is 3. The highest BCUT2D eigenvalue weighted by atomic mass is 19.4. The van der Waals surface area contributed by atoms with Crippen LogP contribution in [-0.2, 0) is 12.6 Å². The number of halogens is 5. The molecule has 0 fully saturated rings. The maximum Gasteiger partial charge on any atom is 0.416 e. The minimum absolute atomic E-state index is 0.105. The van der Waals surface area contributed by atoms with Gasteiger partial charge in [-0.05, 0) is 36.2 Å². The molecule has 29 heavy (non-hydrogen) atoms. The fraction of sp³-hybridized carbons (Fsp3) is 0.150. The number of benzene rings is 2. The van der Waals surface area contributed by atoms with Crippen molar-refractivity contribution < 1.29 is 26.7 Å². The van der Waals surface area contributed by atoms with Crippen LogP contribution in [0.1, 0.15) is 28.4 Å². The second-order valence-electron chi connectivity index (χ2n) is 6.06. The molecule has 0 aliphatic heterocycles. The first-order valence-electron chi connectivity index (χ1n) is 8.48. The topological polar surface area (TPSA) is 54.9 Å². The Labute approximate surface area is 162 Å². The van der Waals surface area contributed by atoms with Crippen molar-refractivity contribution in [3.8, 4) is 11.3 Å². The Hall–Kier alpha value is -3.36. The third-order valence-electron chi connectivity index (χ3n) is 4.18. The number of carbonyl (C=O) groups excluding carboxylic acids is 1. The molecule has 1 heterocycles. The van der Waals surface area contributed by atoms with Crippen LogP contribution in [0.2, 0.25) is 0 Å². The van der Waals surface area contributed by atoms with Crippen LogP contribution in [0.25, 0.3) is 11.3 Å². The fourth-order valence-corrected chi connectivity index (χ4v) is 2.72. The Morgan fingerprint density at radius 3 is 2.28 bits per heavy atom. The van der Waals surface area contributed by atoms with E-state index in [2.05, 4.69) is 15.3 Å². The van der Waals surface area contributed by atoms with Crippen molar-refractivity contribution in [1.29, 1.82) is 0 Å². The van der Waals surface area contributed by atoms with Gasteiger partial charge in [-0.1, -0.05) is 19.1 Å². The van der Waals surface area contributed by atoms with Crippen LogP contribution >= 0.6 is 0 Å². The van der Waals surface area contributed by atoms with Gasteiger partial charge in [0, 0.05) is 5.56 Å². The molecule has 0 bridgehead atoms. The molecule has 3 aromatic rings. The van der Waals surface area contributed by atoms with E-state index in [0.717, 1.165) is 36.5 Å². The molecule has 0 radical (unpaired) electrons. The molecule has 150 valence electrons. The van der Waals surface area contributed by atoms with Crippen molar-refractivity contribution >= 4 is 11.7 Å². The summed E-state index contributed by atoms with van der Waals surface area (Å²) in [7, 11) is 0. The zero-order valence-corrected chi connectivity index (χ0v) is 15.0. The number of nitrogens with zero attached hydrogens (tertiary/aromatic N) is 2. The van der Waals surface area contributed by atoms with Crippen molar-refractivity contribution in [2.45, 2.75) is 19.5 Å². The quantitative estimate of drug-likeness (QED) is 0.601. The van der Waals surface area contributed by atoms with Gasteiger partial charge in [0.25, 0.3) is 5.91 Å². The first kappa shape index (κ1) is 20.4. The highest BCUT2D eigenvalue weighted by Gasteiger charge is 2.31. The summed E-state index contributed by atoms with van der Waals surface area (Å²) in [4.78, 5) is 20.0. The summed E-state index contributed by atoms with van der Waals surface area (Å²) < 4.78 is 66.4. The SMILES string of the molecule is CCc1ccc(C(F)(F)F)cc1-c1cnc(NC(=O)c2c(F)cccc2F)cn1. The van der Waals surface area contributed by atoms with Crippen LogP contribution in [0.4, 0.5) is 27.8 Å². The first-order chi connectivity index (χ1) is 13.7. The van der Waals surface area contributed by atoms with E-state index in [4.69, 9.17) is 0 Å². The number of carbonyl (C=O) groups is 1. The molecule has 0 spiro atoms. The number of aromatic nitrogens is 2. The minimum Gasteiger partial charge on any atom is -0.305 e. The number of rotatable bonds is 4. The van der Waals surface area contributed by atoms with Crippen molar-refractivity contribution in [1.82, 2.24) is 9.97 Å². The normalized spacial score (nSPS) is 11.4. The van der Waals surface area contributed by atoms with Crippen molar-refractivity contribution in [3.63, 3.8) is 0 Å². The summed E-state index contributed by atoms with van der Waals surface area (Å²) in [6.07, 6.45) is -1.75. The minimum atomic E-state index is -4.51. The predicted octanol–water partition coefficient (Wildman–Crippen LogP) is 5.26. The summed E-state index contributed by atoms with van der Waals surface area (Å²) >= 11 is 0. The number of nitrogens with one attached hydrogen (secondary N) is 1. The van der Waals surface area contributed by atoms with Crippen LogP contribution in [0.3, 0.4) is 0 Å². The third-order valence-corrected chi connectivity index (χ3v) is 4.18. The molecule has 1 amide bonds. The molecule has 1 N–H and O–H groups in total. The van der Waals surface area contributed by atoms with Gasteiger partial charge in [-0.3, -0.25) is 9.78 Å². The molecule has 0 saturated heterocycles. The van der Waals surface area contributed by atoms with Gasteiger partial charge < -0.3 is 5.32 Å². The van der Waals surface area contributed by atoms with Crippen LogP contribution < -0.4 is 5.32 Å². The zero-order valence-electron chi connectivity index (χ0n) is 15.0. The number of aryl methyl sites for hydroxylation is 1. The molecule has 0 unspecified atom stereocenters. The van der Waals surface area contributed by atoms with Crippen molar-refractivity contribution in [2.75, 3.05) is 5.32 Å². The maximum absolute atomic E-state index is 13.7. The van der Waals surface area contributed by atoms with Crippen LogP contribution in [-0.4, -0.2) is 15.9 Å². The predicted molar refractivity (Wildman–Crippen MR) is 96.2 cm³/mol. The van der Waals surface area contributed by atoms with Crippen molar-refractivity contribution in [2.24, 2.45) is 0 Å². The summed E-state index contributed by atoms with van der Waals surface area (Å²) in [5.74, 6) is -3.24. The molecule has 0 aliphatic rings. The monoisotopic (exact) mass is 407 g/mol. The molecule has 3 rings (SSSR count). The number of anilines is 1. The van der Waals surface area contributed by atoms with Gasteiger partial charge in [-0.15, -0.1) is 0 Å². The van der Waals surface area contributed by atoms with E-state index in [1.165, 1.54) is 12.3 Å². The molecular weight excluding hydrogens is 393 g/mol. The lowest BCUT2D eigenvalue weighted by Crippen LogP contribution is -2.16. The smallest absolute Gasteiger partial charge is 0.305 e. The van der Waals surface area contributed by atoms with Gasteiger partial charge in [0.1, 0.15) is 17.2 Å². The molecule has 2 aromatic carbocycles. The number of amides is 1. The Kier molecular flexibility index (Phi) is 5.58. The Bertz CT molecular complexity index is 1030. The molecule has 0 saturated carbocycles. The Balaban J connectivity index is 1.88. The first-order valence-corrected chi connectivity index (χ1v) is 8.48. The van der Waals surface area contributed by atoms with Gasteiger partial charge in [0.2, 0.25) is 0 Å². The van der Waals surface area contributed by atoms with Gasteiger partial charge in [0.15, 0.2) is 5.82 Å². The average Bonchev–Trinajstić information content (AvgIpc) is 2.67. The van der Waals surface area contributed by atoms with E-state index in [1.54, 1.807) is 6.92 Å². The van der Waals surface area contributed by atoms with E-state index in [0.29, 0.717) is 12.0 Å². The molecule has 0 atom stereocenters. The van der Waals surface area contributed by atoms with E-state index in [1.807, 2.05) is 0 Å². The van der Waals surface area contributed by atoms with Gasteiger partial charge in [0.05, 0.1) is 23.7 Å². The van der Waals surface area contributed by atoms with Gasteiger partial charge in [-0.25, -0.2) is 13.8 Å². The van der Waals surface area contributed by atoms with Crippen LogP contribution in [0.15, 0.2) is 48.8 Å². The fourth-order valence-electron chi connectivity index (χ4n) is 2.72. The second-order valence-corrected chi connectivity index (χ2v) is 6.06. The lowest BCUT2D eigenvalue weighted by atomic mass is 9.99. The van der Waals surface area contributed by atoms with Crippen molar-refractivity contribution in [3.05, 3.63) is 77.1 Å². The largest absolute Gasteiger partial charge is 0.416 e. The van der Waals surface area contributed by atoms with E-state index in [9.17, 15) is 26.7 Å². The maximum atomic E-state index is 13.7. The Morgan fingerprint density at radius 2 is 1.72 bits per heavy atom. The molecule has 0 aliphatic carbocycles. The molecule has 9 heteroatoms. The van der Waals surface area contributed by atoms with E-state index >= 15 is 0 Å². The van der Waals surface area contributed by atoms with Crippen LogP contribution in [0.5, 0.6) is 0 Å². The van der Waals surface area contributed by atoms with Gasteiger partial charge >= 0.3 is 6.18 Å². The lowest BCUT2D eigenvalue weighted by molar-refractivity contribution is -0.137. The summed E-state index contributed by atoms with van der Waals surface area (Å²) in [6.45, 7) is 1.79. The summed E-state index contributed by atoms with van der Waals surface area (Å²) in [6, 6.07) is 6.34. The standard InChI is InChI=1S/C20H14F5N3O/c1-2-11-6-7-12(20(23,24)25)8-13(11)16-9-27-17(10-26-16)28-19(29)18-14(21)4-3-5-15(18)22/h3-10H,2H2,1H3,(H,27,28,29). The second kappa shape index (κ2) is 7.94. The van der Waals surface area contributed by atoms with Crippen LogP contribution in [0, 0.1) is 11.6 Å². The Morgan fingerprint density at radius 1 is 1.03 bits per heavy atom. The lowest BCUT2D eigenvalue weighted by Gasteiger charge is -2.13. The highest BCUT2D eigenvalue weighted by molar-refractivity contribution is 6.04. The molecule has 4 nitrogen and oxygen atoms in total. The molecular formula is C20H14F5N3O. The molecule has 1 aromatic heterocycles. The third kappa shape index (κ3) is 4.39. The number of hydrogen-bond donors (Lipinski definition) is 1. The summed E-state index contributed by atoms with van der Waals surface area (Å²) in [5.41, 5.74) is -0.531. The number of alkyl halides is 3. The summed E-state index contributed by atoms with van der Waals surface area (Å²) in [5, 5.41) is 2.21. The average molecular weight is 407 g/mol. The van der Waals surface area contributed by atoms with Gasteiger partial charge in [-0.2, -0.15) is 13.2 Å².